The number of amides is 1. The normalized spacial score (nSPS) is 10.5. The third kappa shape index (κ3) is 2.51. The second-order valence-corrected chi connectivity index (χ2v) is 5.40. The summed E-state index contributed by atoms with van der Waals surface area (Å²) in [4.78, 5) is 13.1. The molecule has 1 amide bonds. The highest BCUT2D eigenvalue weighted by Gasteiger charge is 2.09. The van der Waals surface area contributed by atoms with E-state index in [-0.39, 0.29) is 0 Å². The van der Waals surface area contributed by atoms with Gasteiger partial charge in [-0.3, -0.25) is 4.79 Å². The molecule has 0 bridgehead atoms. The number of anilines is 1. The maximum Gasteiger partial charge on any atom is 0.215 e. The lowest BCUT2D eigenvalue weighted by atomic mass is 10.2. The molecular weight excluding hydrogens is 254 g/mol. The van der Waals surface area contributed by atoms with Gasteiger partial charge in [0, 0.05) is 4.70 Å². The SMILES string of the molecule is O=CN(Cc1ccccc1)c1cc2ccccc2s1. The van der Waals surface area contributed by atoms with Crippen molar-refractivity contribution in [2.24, 2.45) is 0 Å². The van der Waals surface area contributed by atoms with E-state index in [1.165, 1.54) is 10.1 Å². The van der Waals surface area contributed by atoms with Gasteiger partial charge in [0.2, 0.25) is 6.41 Å². The standard InChI is InChI=1S/C16H13NOS/c18-12-17(11-13-6-2-1-3-7-13)16-10-14-8-4-5-9-15(14)19-16/h1-10,12H,11H2. The highest BCUT2D eigenvalue weighted by atomic mass is 32.1. The molecule has 1 aromatic heterocycles. The molecule has 3 heteroatoms. The molecule has 0 saturated carbocycles. The lowest BCUT2D eigenvalue weighted by molar-refractivity contribution is -0.107. The molecule has 0 aliphatic heterocycles. The Morgan fingerprint density at radius 2 is 1.74 bits per heavy atom. The fourth-order valence-electron chi connectivity index (χ4n) is 2.06. The molecule has 0 spiro atoms. The molecule has 0 aliphatic carbocycles. The van der Waals surface area contributed by atoms with Crippen LogP contribution < -0.4 is 4.90 Å². The molecule has 3 rings (SSSR count). The fourth-order valence-corrected chi connectivity index (χ4v) is 3.08. The van der Waals surface area contributed by atoms with Gasteiger partial charge in [-0.05, 0) is 23.1 Å². The van der Waals surface area contributed by atoms with Crippen LogP contribution in [0.4, 0.5) is 5.00 Å². The van der Waals surface area contributed by atoms with Crippen molar-refractivity contribution >= 4 is 32.8 Å². The Labute approximate surface area is 115 Å². The van der Waals surface area contributed by atoms with E-state index >= 15 is 0 Å². The Morgan fingerprint density at radius 1 is 1.00 bits per heavy atom. The van der Waals surface area contributed by atoms with E-state index in [0.29, 0.717) is 6.54 Å². The average molecular weight is 267 g/mol. The summed E-state index contributed by atoms with van der Waals surface area (Å²) in [6.07, 6.45) is 0.901. The van der Waals surface area contributed by atoms with Crippen LogP contribution in [0.15, 0.2) is 60.7 Å². The summed E-state index contributed by atoms with van der Waals surface area (Å²) in [5.74, 6) is 0. The van der Waals surface area contributed by atoms with E-state index in [0.717, 1.165) is 17.0 Å². The Kier molecular flexibility index (Phi) is 3.29. The number of benzene rings is 2. The predicted octanol–water partition coefficient (Wildman–Crippen LogP) is 4.06. The quantitative estimate of drug-likeness (QED) is 0.653. The van der Waals surface area contributed by atoms with E-state index in [9.17, 15) is 4.79 Å². The molecule has 2 aromatic carbocycles. The molecule has 0 saturated heterocycles. The number of fused-ring (bicyclic) bond motifs is 1. The smallest absolute Gasteiger partial charge is 0.215 e. The van der Waals surface area contributed by atoms with Gasteiger partial charge >= 0.3 is 0 Å². The first-order valence-electron chi connectivity index (χ1n) is 6.11. The summed E-state index contributed by atoms with van der Waals surface area (Å²) in [5, 5.41) is 2.17. The number of carbonyl (C=O) groups is 1. The molecule has 0 atom stereocenters. The number of nitrogens with zero attached hydrogens (tertiary/aromatic N) is 1. The largest absolute Gasteiger partial charge is 0.302 e. The van der Waals surface area contributed by atoms with Gasteiger partial charge in [0.15, 0.2) is 0 Å². The van der Waals surface area contributed by atoms with Crippen molar-refractivity contribution in [3.8, 4) is 0 Å². The summed E-state index contributed by atoms with van der Waals surface area (Å²) in [6.45, 7) is 0.608. The minimum absolute atomic E-state index is 0.608. The van der Waals surface area contributed by atoms with Gasteiger partial charge in [-0.15, -0.1) is 11.3 Å². The molecule has 0 N–H and O–H groups in total. The Bertz CT molecular complexity index is 657. The van der Waals surface area contributed by atoms with Gasteiger partial charge in [-0.25, -0.2) is 0 Å². The van der Waals surface area contributed by atoms with Gasteiger partial charge in [-0.2, -0.15) is 0 Å². The summed E-state index contributed by atoms with van der Waals surface area (Å²) in [6, 6.07) is 20.3. The van der Waals surface area contributed by atoms with Gasteiger partial charge in [0.1, 0.15) is 0 Å². The molecule has 0 aliphatic rings. The summed E-state index contributed by atoms with van der Waals surface area (Å²) in [5.41, 5.74) is 1.13. The second-order valence-electron chi connectivity index (χ2n) is 4.34. The minimum atomic E-state index is 0.608. The van der Waals surface area contributed by atoms with Crippen molar-refractivity contribution < 1.29 is 4.79 Å². The third-order valence-electron chi connectivity index (χ3n) is 3.02. The van der Waals surface area contributed by atoms with Crippen LogP contribution in [0, 0.1) is 0 Å². The first-order chi connectivity index (χ1) is 9.36. The number of rotatable bonds is 4. The summed E-state index contributed by atoms with van der Waals surface area (Å²) >= 11 is 1.64. The lowest BCUT2D eigenvalue weighted by Crippen LogP contribution is -2.18. The van der Waals surface area contributed by atoms with Crippen LogP contribution >= 0.6 is 11.3 Å². The van der Waals surface area contributed by atoms with Gasteiger partial charge in [0.05, 0.1) is 11.5 Å². The van der Waals surface area contributed by atoms with Crippen LogP contribution in [0.3, 0.4) is 0 Å². The molecule has 19 heavy (non-hydrogen) atoms. The fraction of sp³-hybridized carbons (Fsp3) is 0.0625. The average Bonchev–Trinajstić information content (AvgIpc) is 2.89. The van der Waals surface area contributed by atoms with E-state index in [4.69, 9.17) is 0 Å². The molecular formula is C16H13NOS. The van der Waals surface area contributed by atoms with Crippen LogP contribution in [-0.4, -0.2) is 6.41 Å². The van der Waals surface area contributed by atoms with E-state index < -0.39 is 0 Å². The minimum Gasteiger partial charge on any atom is -0.302 e. The van der Waals surface area contributed by atoms with Crippen molar-refractivity contribution in [2.75, 3.05) is 4.90 Å². The van der Waals surface area contributed by atoms with Crippen molar-refractivity contribution in [3.63, 3.8) is 0 Å². The number of hydrogen-bond acceptors (Lipinski definition) is 2. The zero-order valence-corrected chi connectivity index (χ0v) is 11.1. The molecule has 1 heterocycles. The zero-order chi connectivity index (χ0) is 13.1. The van der Waals surface area contributed by atoms with Crippen LogP contribution in [0.5, 0.6) is 0 Å². The molecule has 0 radical (unpaired) electrons. The topological polar surface area (TPSA) is 20.3 Å². The first kappa shape index (κ1) is 11.9. The molecule has 0 unspecified atom stereocenters. The van der Waals surface area contributed by atoms with Crippen molar-refractivity contribution in [3.05, 3.63) is 66.2 Å². The van der Waals surface area contributed by atoms with Crippen molar-refractivity contribution in [1.29, 1.82) is 0 Å². The van der Waals surface area contributed by atoms with Crippen molar-refractivity contribution in [1.82, 2.24) is 0 Å². The zero-order valence-electron chi connectivity index (χ0n) is 10.3. The van der Waals surface area contributed by atoms with E-state index in [1.807, 2.05) is 42.5 Å². The van der Waals surface area contributed by atoms with Gasteiger partial charge in [0.25, 0.3) is 0 Å². The van der Waals surface area contributed by atoms with Crippen LogP contribution in [0.1, 0.15) is 5.56 Å². The first-order valence-corrected chi connectivity index (χ1v) is 6.93. The predicted molar refractivity (Wildman–Crippen MR) is 80.5 cm³/mol. The van der Waals surface area contributed by atoms with Gasteiger partial charge < -0.3 is 4.90 Å². The monoisotopic (exact) mass is 267 g/mol. The maximum atomic E-state index is 11.3. The van der Waals surface area contributed by atoms with Crippen molar-refractivity contribution in [2.45, 2.75) is 6.54 Å². The second kappa shape index (κ2) is 5.24. The Hall–Kier alpha value is -2.13. The lowest BCUT2D eigenvalue weighted by Gasteiger charge is -2.14. The highest BCUT2D eigenvalue weighted by molar-refractivity contribution is 7.22. The number of carbonyl (C=O) groups excluding carboxylic acids is 1. The molecule has 94 valence electrons. The Balaban J connectivity index is 1.91. The van der Waals surface area contributed by atoms with E-state index in [1.54, 1.807) is 16.2 Å². The Morgan fingerprint density at radius 3 is 2.47 bits per heavy atom. The number of thiophene rings is 1. The molecule has 0 fully saturated rings. The van der Waals surface area contributed by atoms with Crippen LogP contribution in [0.25, 0.3) is 10.1 Å². The third-order valence-corrected chi connectivity index (χ3v) is 4.17. The van der Waals surface area contributed by atoms with Gasteiger partial charge in [-0.1, -0.05) is 48.5 Å². The number of hydrogen-bond donors (Lipinski definition) is 0. The van der Waals surface area contributed by atoms with Crippen LogP contribution in [-0.2, 0) is 11.3 Å². The maximum absolute atomic E-state index is 11.3. The molecule has 3 aromatic rings. The summed E-state index contributed by atoms with van der Waals surface area (Å²) in [7, 11) is 0. The van der Waals surface area contributed by atoms with Crippen LogP contribution in [0.2, 0.25) is 0 Å². The van der Waals surface area contributed by atoms with E-state index in [2.05, 4.69) is 18.2 Å². The molecule has 2 nitrogen and oxygen atoms in total. The highest BCUT2D eigenvalue weighted by Crippen LogP contribution is 2.32. The summed E-state index contributed by atoms with van der Waals surface area (Å²) < 4.78 is 1.21.